The number of hydrogen-bond acceptors (Lipinski definition) is 3. The monoisotopic (exact) mass is 149 g/mol. The topological polar surface area (TPSA) is 60.9 Å². The summed E-state index contributed by atoms with van der Waals surface area (Å²) in [5, 5.41) is 3.70. The van der Waals surface area contributed by atoms with Crippen molar-refractivity contribution in [3.05, 3.63) is 22.5 Å². The van der Waals surface area contributed by atoms with Gasteiger partial charge in [-0.1, -0.05) is 5.92 Å². The first-order chi connectivity index (χ1) is 5.24. The molecule has 4 nitrogen and oxygen atoms in total. The van der Waals surface area contributed by atoms with Gasteiger partial charge in [0.2, 0.25) is 0 Å². The molecule has 56 valence electrons. The van der Waals surface area contributed by atoms with Gasteiger partial charge in [0, 0.05) is 6.07 Å². The van der Waals surface area contributed by atoms with Gasteiger partial charge in [0.15, 0.2) is 0 Å². The fraction of sp³-hybridized carbons (Fsp3) is 0.143. The normalized spacial score (nSPS) is 9.00. The van der Waals surface area contributed by atoms with Gasteiger partial charge in [-0.25, -0.2) is 4.68 Å². The largest absolute Gasteiger partial charge is 0.382 e. The van der Waals surface area contributed by atoms with Crippen LogP contribution in [0.25, 0.3) is 0 Å². The fourth-order valence-electron chi connectivity index (χ4n) is 0.664. The van der Waals surface area contributed by atoms with E-state index in [0.717, 1.165) is 4.68 Å². The van der Waals surface area contributed by atoms with Gasteiger partial charge in [0.05, 0.1) is 0 Å². The lowest BCUT2D eigenvalue weighted by Crippen LogP contribution is -2.22. The third-order valence-corrected chi connectivity index (χ3v) is 1.13. The highest BCUT2D eigenvalue weighted by atomic mass is 16.1. The van der Waals surface area contributed by atoms with Crippen LogP contribution in [-0.4, -0.2) is 9.78 Å². The lowest BCUT2D eigenvalue weighted by atomic mass is 10.5. The van der Waals surface area contributed by atoms with Crippen LogP contribution in [0.5, 0.6) is 0 Å². The Morgan fingerprint density at radius 3 is 3.09 bits per heavy atom. The first-order valence-corrected chi connectivity index (χ1v) is 3.01. The Morgan fingerprint density at radius 2 is 2.45 bits per heavy atom. The van der Waals surface area contributed by atoms with Crippen molar-refractivity contribution in [3.63, 3.8) is 0 Å². The maximum absolute atomic E-state index is 10.9. The second kappa shape index (κ2) is 2.88. The van der Waals surface area contributed by atoms with E-state index >= 15 is 0 Å². The Kier molecular flexibility index (Phi) is 1.93. The van der Waals surface area contributed by atoms with Gasteiger partial charge in [-0.05, 0) is 6.07 Å². The second-order valence-electron chi connectivity index (χ2n) is 1.96. The molecule has 0 unspecified atom stereocenters. The van der Waals surface area contributed by atoms with Gasteiger partial charge in [-0.3, -0.25) is 4.79 Å². The number of hydrogen-bond donors (Lipinski definition) is 1. The number of nitrogens with zero attached hydrogens (tertiary/aromatic N) is 2. The first kappa shape index (κ1) is 7.35. The molecule has 0 spiro atoms. The van der Waals surface area contributed by atoms with E-state index in [2.05, 4.69) is 11.0 Å². The molecule has 0 amide bonds. The molecule has 1 rings (SSSR count). The van der Waals surface area contributed by atoms with E-state index < -0.39 is 0 Å². The van der Waals surface area contributed by atoms with Crippen LogP contribution in [0.15, 0.2) is 16.9 Å². The Hall–Kier alpha value is -1.76. The summed E-state index contributed by atoms with van der Waals surface area (Å²) in [6, 6.07) is 2.77. The van der Waals surface area contributed by atoms with Crippen molar-refractivity contribution < 1.29 is 0 Å². The van der Waals surface area contributed by atoms with Crippen LogP contribution < -0.4 is 11.3 Å². The third kappa shape index (κ3) is 1.58. The summed E-state index contributed by atoms with van der Waals surface area (Å²) in [6.45, 7) is 0.157. The second-order valence-corrected chi connectivity index (χ2v) is 1.96. The Balaban J connectivity index is 3.15. The van der Waals surface area contributed by atoms with Crippen LogP contribution in [0.1, 0.15) is 0 Å². The zero-order valence-electron chi connectivity index (χ0n) is 5.82. The van der Waals surface area contributed by atoms with Crippen molar-refractivity contribution in [2.24, 2.45) is 0 Å². The van der Waals surface area contributed by atoms with Crippen LogP contribution in [0.2, 0.25) is 0 Å². The van der Waals surface area contributed by atoms with E-state index in [1.807, 2.05) is 0 Å². The van der Waals surface area contributed by atoms with Crippen molar-refractivity contribution in [3.8, 4) is 12.3 Å². The zero-order chi connectivity index (χ0) is 8.27. The molecule has 0 fully saturated rings. The maximum atomic E-state index is 10.9. The van der Waals surface area contributed by atoms with E-state index in [9.17, 15) is 4.79 Å². The molecular weight excluding hydrogens is 142 g/mol. The van der Waals surface area contributed by atoms with Gasteiger partial charge in [-0.15, -0.1) is 6.42 Å². The molecule has 0 aliphatic carbocycles. The van der Waals surface area contributed by atoms with E-state index in [4.69, 9.17) is 12.2 Å². The summed E-state index contributed by atoms with van der Waals surface area (Å²) in [5.74, 6) is 2.59. The molecular formula is C7H7N3O. The SMILES string of the molecule is C#CCn1nc(N)ccc1=O. The molecule has 1 heterocycles. The van der Waals surface area contributed by atoms with Crippen molar-refractivity contribution in [1.29, 1.82) is 0 Å². The maximum Gasteiger partial charge on any atom is 0.267 e. The fourth-order valence-corrected chi connectivity index (χ4v) is 0.664. The number of terminal acetylenes is 1. The molecule has 2 N–H and O–H groups in total. The lowest BCUT2D eigenvalue weighted by molar-refractivity contribution is 0.668. The number of anilines is 1. The number of rotatable bonds is 1. The first-order valence-electron chi connectivity index (χ1n) is 3.01. The molecule has 0 saturated heterocycles. The molecule has 0 bridgehead atoms. The zero-order valence-corrected chi connectivity index (χ0v) is 5.82. The van der Waals surface area contributed by atoms with Crippen molar-refractivity contribution in [2.45, 2.75) is 6.54 Å². The molecule has 0 aliphatic rings. The summed E-state index contributed by atoms with van der Waals surface area (Å²) in [7, 11) is 0. The molecule has 1 aromatic heterocycles. The van der Waals surface area contributed by atoms with E-state index in [0.29, 0.717) is 5.82 Å². The third-order valence-electron chi connectivity index (χ3n) is 1.13. The highest BCUT2D eigenvalue weighted by Gasteiger charge is 1.93. The quantitative estimate of drug-likeness (QED) is 0.545. The van der Waals surface area contributed by atoms with Gasteiger partial charge >= 0.3 is 0 Å². The Bertz CT molecular complexity index is 347. The number of nitrogens with two attached hydrogens (primary N) is 1. The number of nitrogen functional groups attached to an aromatic ring is 1. The molecule has 0 radical (unpaired) electrons. The molecule has 0 aromatic carbocycles. The average molecular weight is 149 g/mol. The number of aromatic nitrogens is 2. The Morgan fingerprint density at radius 1 is 1.73 bits per heavy atom. The lowest BCUT2D eigenvalue weighted by Gasteiger charge is -1.97. The average Bonchev–Trinajstić information content (AvgIpc) is 1.98. The van der Waals surface area contributed by atoms with Crippen molar-refractivity contribution in [1.82, 2.24) is 9.78 Å². The highest BCUT2D eigenvalue weighted by molar-refractivity contribution is 5.23. The van der Waals surface area contributed by atoms with Crippen LogP contribution in [0, 0.1) is 12.3 Å². The summed E-state index contributed by atoms with van der Waals surface area (Å²) >= 11 is 0. The minimum absolute atomic E-state index is 0.157. The van der Waals surface area contributed by atoms with Gasteiger partial charge in [-0.2, -0.15) is 5.10 Å². The standard InChI is InChI=1S/C7H7N3O/c1-2-5-10-7(11)4-3-6(8)9-10/h1,3-4H,5H2,(H2,8,9). The van der Waals surface area contributed by atoms with Gasteiger partial charge < -0.3 is 5.73 Å². The van der Waals surface area contributed by atoms with Gasteiger partial charge in [0.25, 0.3) is 5.56 Å². The summed E-state index contributed by atoms with van der Waals surface area (Å²) in [6.07, 6.45) is 4.99. The van der Waals surface area contributed by atoms with E-state index in [1.165, 1.54) is 12.1 Å². The van der Waals surface area contributed by atoms with Crippen molar-refractivity contribution >= 4 is 5.82 Å². The summed E-state index contributed by atoms with van der Waals surface area (Å²) in [4.78, 5) is 10.9. The minimum atomic E-state index is -0.239. The summed E-state index contributed by atoms with van der Waals surface area (Å²) < 4.78 is 1.13. The van der Waals surface area contributed by atoms with Crippen LogP contribution in [0.4, 0.5) is 5.82 Å². The Labute approximate surface area is 63.6 Å². The highest BCUT2D eigenvalue weighted by Crippen LogP contribution is 1.87. The molecule has 0 aliphatic heterocycles. The molecule has 11 heavy (non-hydrogen) atoms. The predicted molar refractivity (Wildman–Crippen MR) is 41.7 cm³/mol. The van der Waals surface area contributed by atoms with Crippen LogP contribution in [0.3, 0.4) is 0 Å². The van der Waals surface area contributed by atoms with E-state index in [-0.39, 0.29) is 12.1 Å². The molecule has 4 heteroatoms. The summed E-state index contributed by atoms with van der Waals surface area (Å²) in [5.41, 5.74) is 5.08. The van der Waals surface area contributed by atoms with E-state index in [1.54, 1.807) is 0 Å². The van der Waals surface area contributed by atoms with Crippen molar-refractivity contribution in [2.75, 3.05) is 5.73 Å². The minimum Gasteiger partial charge on any atom is -0.382 e. The smallest absolute Gasteiger partial charge is 0.267 e. The van der Waals surface area contributed by atoms with Gasteiger partial charge in [0.1, 0.15) is 12.4 Å². The van der Waals surface area contributed by atoms with Crippen LogP contribution >= 0.6 is 0 Å². The molecule has 1 aromatic rings. The predicted octanol–water partition coefficient (Wildman–Crippen LogP) is -0.541. The molecule has 0 atom stereocenters. The molecule has 0 saturated carbocycles. The van der Waals surface area contributed by atoms with Crippen LogP contribution in [-0.2, 0) is 6.54 Å².